The van der Waals surface area contributed by atoms with Gasteiger partial charge in [0.1, 0.15) is 0 Å². The Hall–Kier alpha value is -4.16. The summed E-state index contributed by atoms with van der Waals surface area (Å²) in [6.45, 7) is 3.81. The number of para-hydroxylation sites is 1. The lowest BCUT2D eigenvalue weighted by atomic mass is 10.1. The van der Waals surface area contributed by atoms with Gasteiger partial charge < -0.3 is 0 Å². The highest BCUT2D eigenvalue weighted by Crippen LogP contribution is 2.26. The molecule has 0 aliphatic rings. The van der Waals surface area contributed by atoms with Gasteiger partial charge in [0.15, 0.2) is 0 Å². The van der Waals surface area contributed by atoms with Crippen LogP contribution in [-0.4, -0.2) is 27.7 Å². The van der Waals surface area contributed by atoms with Gasteiger partial charge in [-0.25, -0.2) is 21.1 Å². The van der Waals surface area contributed by atoms with Gasteiger partial charge in [-0.3, -0.25) is 0 Å². The van der Waals surface area contributed by atoms with Crippen LogP contribution in [0.15, 0.2) is 82.6 Å². The number of terminal acetylenes is 2. The average molecular weight is 531 g/mol. The zero-order valence-electron chi connectivity index (χ0n) is 20.5. The van der Waals surface area contributed by atoms with Crippen molar-refractivity contribution in [1.82, 2.24) is 4.31 Å². The molecule has 0 unspecified atom stereocenters. The Bertz CT molecular complexity index is 1620. The van der Waals surface area contributed by atoms with Gasteiger partial charge in [-0.1, -0.05) is 72.2 Å². The van der Waals surface area contributed by atoms with E-state index in [-0.39, 0.29) is 22.0 Å². The molecule has 0 saturated carbocycles. The molecule has 0 aromatic heterocycles. The molecule has 0 bridgehead atoms. The van der Waals surface area contributed by atoms with E-state index in [1.165, 1.54) is 24.3 Å². The number of sulfonamides is 2. The van der Waals surface area contributed by atoms with Gasteiger partial charge in [-0.05, 0) is 56.7 Å². The van der Waals surface area contributed by atoms with Gasteiger partial charge in [0, 0.05) is 25.1 Å². The lowest BCUT2D eigenvalue weighted by molar-refractivity contribution is 0.504. The molecule has 0 N–H and O–H groups in total. The zero-order chi connectivity index (χ0) is 27.1. The smallest absolute Gasteiger partial charge is 0.225 e. The van der Waals surface area contributed by atoms with E-state index < -0.39 is 20.0 Å². The van der Waals surface area contributed by atoms with Crippen molar-refractivity contribution in [1.29, 1.82) is 0 Å². The molecule has 0 fully saturated rings. The van der Waals surface area contributed by atoms with E-state index in [1.807, 2.05) is 13.8 Å². The number of nitrogens with zero attached hydrogens (tertiary/aromatic N) is 2. The number of hydrogen-bond acceptors (Lipinski definition) is 4. The summed E-state index contributed by atoms with van der Waals surface area (Å²) < 4.78 is 53.8. The lowest BCUT2D eigenvalue weighted by Crippen LogP contribution is -2.27. The fraction of sp³-hybridized carbons (Fsp3) is 0.172. The van der Waals surface area contributed by atoms with Crippen LogP contribution >= 0.6 is 0 Å². The minimum atomic E-state index is -4.00. The minimum absolute atomic E-state index is 0.0722. The van der Waals surface area contributed by atoms with E-state index in [4.69, 9.17) is 12.8 Å². The van der Waals surface area contributed by atoms with Crippen molar-refractivity contribution in [2.75, 3.05) is 10.8 Å². The summed E-state index contributed by atoms with van der Waals surface area (Å²) in [5, 5.41) is 0. The van der Waals surface area contributed by atoms with E-state index >= 15 is 0 Å². The molecular weight excluding hydrogens is 504 g/mol. The highest BCUT2D eigenvalue weighted by Gasteiger charge is 2.25. The Balaban J connectivity index is 1.75. The predicted molar refractivity (Wildman–Crippen MR) is 146 cm³/mol. The van der Waals surface area contributed by atoms with Gasteiger partial charge >= 0.3 is 0 Å². The molecule has 37 heavy (non-hydrogen) atoms. The maximum absolute atomic E-state index is 13.2. The Morgan fingerprint density at radius 3 is 1.81 bits per heavy atom. The normalized spacial score (nSPS) is 10.9. The molecule has 188 valence electrons. The first kappa shape index (κ1) is 27.4. The monoisotopic (exact) mass is 530 g/mol. The van der Waals surface area contributed by atoms with Crippen molar-refractivity contribution in [3.63, 3.8) is 0 Å². The first-order valence-electron chi connectivity index (χ1n) is 11.3. The predicted octanol–water partition coefficient (Wildman–Crippen LogP) is 4.50. The maximum Gasteiger partial charge on any atom is 0.275 e. The molecule has 0 saturated heterocycles. The van der Waals surface area contributed by atoms with Crippen LogP contribution in [0.25, 0.3) is 0 Å². The van der Waals surface area contributed by atoms with Crippen molar-refractivity contribution >= 4 is 25.7 Å². The second-order valence-electron chi connectivity index (χ2n) is 8.15. The molecule has 0 aliphatic heterocycles. The average Bonchev–Trinajstić information content (AvgIpc) is 2.87. The Labute approximate surface area is 220 Å². The van der Waals surface area contributed by atoms with Crippen LogP contribution in [0.3, 0.4) is 0 Å². The topological polar surface area (TPSA) is 74.8 Å². The fourth-order valence-corrected chi connectivity index (χ4v) is 5.89. The third-order valence-corrected chi connectivity index (χ3v) is 8.83. The van der Waals surface area contributed by atoms with Gasteiger partial charge in [0.05, 0.1) is 21.0 Å². The van der Waals surface area contributed by atoms with E-state index in [9.17, 15) is 16.8 Å². The molecule has 0 aliphatic carbocycles. The van der Waals surface area contributed by atoms with Crippen LogP contribution in [0.1, 0.15) is 29.5 Å². The van der Waals surface area contributed by atoms with Crippen molar-refractivity contribution in [2.24, 2.45) is 0 Å². The molecule has 0 amide bonds. The van der Waals surface area contributed by atoms with Crippen LogP contribution in [-0.2, 0) is 20.0 Å². The number of unbranched alkanes of at least 4 members (excludes halogenated alkanes) is 1. The van der Waals surface area contributed by atoms with Crippen LogP contribution in [0.4, 0.5) is 5.69 Å². The van der Waals surface area contributed by atoms with E-state index in [2.05, 4.69) is 23.9 Å². The molecule has 0 spiro atoms. The summed E-state index contributed by atoms with van der Waals surface area (Å²) in [6, 6.07) is 24.0. The largest absolute Gasteiger partial charge is 0.275 e. The second-order valence-corrected chi connectivity index (χ2v) is 11.8. The molecule has 3 aromatic rings. The van der Waals surface area contributed by atoms with Crippen molar-refractivity contribution < 1.29 is 16.8 Å². The summed E-state index contributed by atoms with van der Waals surface area (Å²) >= 11 is 0. The van der Waals surface area contributed by atoms with Gasteiger partial charge in [-0.2, -0.15) is 4.31 Å². The summed E-state index contributed by atoms with van der Waals surface area (Å²) in [6.07, 6.45) is 11.8. The van der Waals surface area contributed by atoms with Crippen molar-refractivity contribution in [2.45, 2.75) is 36.5 Å². The molecular formula is C29H26N2O4S2. The van der Waals surface area contributed by atoms with Gasteiger partial charge in [-0.15, -0.1) is 0 Å². The Kier molecular flexibility index (Phi) is 8.69. The third kappa shape index (κ3) is 6.35. The number of hydrogen-bond donors (Lipinski definition) is 0. The summed E-state index contributed by atoms with van der Waals surface area (Å²) in [5.41, 5.74) is 2.55. The van der Waals surface area contributed by atoms with Crippen molar-refractivity contribution in [3.05, 3.63) is 89.5 Å². The number of benzene rings is 3. The lowest BCUT2D eigenvalue weighted by Gasteiger charge is -2.19. The van der Waals surface area contributed by atoms with Crippen LogP contribution in [0, 0.1) is 50.6 Å². The molecule has 0 radical (unpaired) electrons. The summed E-state index contributed by atoms with van der Waals surface area (Å²) in [7, 11) is -7.83. The fourth-order valence-electron chi connectivity index (χ4n) is 3.40. The van der Waals surface area contributed by atoms with E-state index in [1.54, 1.807) is 48.5 Å². The van der Waals surface area contributed by atoms with Gasteiger partial charge in [0.2, 0.25) is 0 Å². The summed E-state index contributed by atoms with van der Waals surface area (Å²) in [4.78, 5) is 0.197. The van der Waals surface area contributed by atoms with Crippen LogP contribution < -0.4 is 4.31 Å². The number of aryl methyl sites for hydroxylation is 2. The molecule has 0 atom stereocenters. The second kappa shape index (κ2) is 11.7. The number of anilines is 1. The number of rotatable bonds is 8. The first-order chi connectivity index (χ1) is 17.6. The Morgan fingerprint density at radius 1 is 0.730 bits per heavy atom. The van der Waals surface area contributed by atoms with Crippen molar-refractivity contribution in [3.8, 4) is 36.8 Å². The molecule has 3 aromatic carbocycles. The first-order valence-corrected chi connectivity index (χ1v) is 14.2. The quantitative estimate of drug-likeness (QED) is 0.244. The highest BCUT2D eigenvalue weighted by molar-refractivity contribution is 7.93. The van der Waals surface area contributed by atoms with Crippen LogP contribution in [0.2, 0.25) is 0 Å². The zero-order valence-corrected chi connectivity index (χ0v) is 22.2. The molecule has 0 heterocycles. The minimum Gasteiger partial charge on any atom is -0.225 e. The molecule has 6 nitrogen and oxygen atoms in total. The Morgan fingerprint density at radius 2 is 1.27 bits per heavy atom. The highest BCUT2D eigenvalue weighted by atomic mass is 32.2. The molecule has 8 heteroatoms. The SMILES string of the molecule is C#CN(CCCC#Cc1ccccc1N(C#C)S(=O)(=O)c1ccc(C)cc1)S(=O)(=O)c1ccc(C)cc1. The summed E-state index contributed by atoms with van der Waals surface area (Å²) in [5.74, 6) is 5.93. The van der Waals surface area contributed by atoms with Crippen LogP contribution in [0.5, 0.6) is 0 Å². The molecule has 3 rings (SSSR count). The maximum atomic E-state index is 13.2. The standard InChI is InChI=1S/C29H26N2O4S2/c1-5-30(36(32,33)27-19-15-24(3)16-20-27)23-11-7-8-12-26-13-9-10-14-29(26)31(6-2)37(34,35)28-21-17-25(4)18-22-28/h1-2,9-10,13-22H,7,11,23H2,3-4H3. The van der Waals surface area contributed by atoms with E-state index in [0.717, 1.165) is 19.7 Å². The third-order valence-electron chi connectivity index (χ3n) is 5.44. The van der Waals surface area contributed by atoms with E-state index in [0.29, 0.717) is 18.4 Å². The van der Waals surface area contributed by atoms with Gasteiger partial charge in [0.25, 0.3) is 20.0 Å².